The summed E-state index contributed by atoms with van der Waals surface area (Å²) < 4.78 is 107. The molecule has 0 aromatic heterocycles. The van der Waals surface area contributed by atoms with Crippen LogP contribution in [0.15, 0.2) is 12.1 Å². The minimum Gasteiger partial charge on any atom is -0.194 e. The molecule has 0 saturated heterocycles. The standard InChI is InChI=1S/C10H2F8I2/c11-7(12)5-3(19)1-2-4(20)6(5)8(13,14)10(17,18)9(7,15)16/h1-2H. The van der Waals surface area contributed by atoms with Gasteiger partial charge >= 0.3 is 23.7 Å². The molecule has 1 aromatic rings. The van der Waals surface area contributed by atoms with Crippen LogP contribution < -0.4 is 0 Å². The zero-order valence-corrected chi connectivity index (χ0v) is 13.2. The second-order valence-electron chi connectivity index (χ2n) is 4.08. The smallest absolute Gasteiger partial charge is 0.194 e. The van der Waals surface area contributed by atoms with E-state index in [0.29, 0.717) is 0 Å². The number of rotatable bonds is 0. The van der Waals surface area contributed by atoms with Gasteiger partial charge in [-0.2, -0.15) is 35.1 Å². The van der Waals surface area contributed by atoms with Gasteiger partial charge in [-0.3, -0.25) is 0 Å². The van der Waals surface area contributed by atoms with E-state index in [4.69, 9.17) is 0 Å². The van der Waals surface area contributed by atoms with Crippen molar-refractivity contribution < 1.29 is 35.1 Å². The van der Waals surface area contributed by atoms with Crippen LogP contribution in [0.1, 0.15) is 11.1 Å². The lowest BCUT2D eigenvalue weighted by Gasteiger charge is -2.43. The SMILES string of the molecule is FC1(F)c2c(I)ccc(I)c2C(F)(F)C(F)(F)C1(F)F. The van der Waals surface area contributed by atoms with E-state index in [0.717, 1.165) is 57.3 Å². The van der Waals surface area contributed by atoms with Crippen LogP contribution in [0, 0.1) is 7.14 Å². The summed E-state index contributed by atoms with van der Waals surface area (Å²) in [5.41, 5.74) is -3.49. The number of alkyl halides is 8. The van der Waals surface area contributed by atoms with Gasteiger partial charge in [-0.15, -0.1) is 0 Å². The molecule has 0 spiro atoms. The number of hydrogen-bond donors (Lipinski definition) is 0. The zero-order chi connectivity index (χ0) is 15.7. The van der Waals surface area contributed by atoms with Gasteiger partial charge in [0.05, 0.1) is 11.1 Å². The van der Waals surface area contributed by atoms with Crippen LogP contribution in [-0.2, 0) is 11.8 Å². The molecular formula is C10H2F8I2. The quantitative estimate of drug-likeness (QED) is 0.315. The van der Waals surface area contributed by atoms with E-state index in [1.807, 2.05) is 0 Å². The van der Waals surface area contributed by atoms with Crippen LogP contribution in [-0.4, -0.2) is 11.8 Å². The van der Waals surface area contributed by atoms with Gasteiger partial charge in [-0.1, -0.05) is 0 Å². The molecule has 0 nitrogen and oxygen atoms in total. The molecule has 10 heteroatoms. The van der Waals surface area contributed by atoms with Gasteiger partial charge in [0.15, 0.2) is 0 Å². The summed E-state index contributed by atoms with van der Waals surface area (Å²) in [5.74, 6) is -23.2. The first-order valence-corrected chi connectivity index (χ1v) is 6.96. The van der Waals surface area contributed by atoms with Gasteiger partial charge in [0.25, 0.3) is 0 Å². The molecule has 0 atom stereocenters. The fraction of sp³-hybridized carbons (Fsp3) is 0.400. The molecule has 0 radical (unpaired) electrons. The lowest BCUT2D eigenvalue weighted by atomic mass is 9.80. The monoisotopic (exact) mass is 528 g/mol. The molecule has 0 heterocycles. The van der Waals surface area contributed by atoms with Crippen LogP contribution in [0.4, 0.5) is 35.1 Å². The van der Waals surface area contributed by atoms with E-state index in [2.05, 4.69) is 0 Å². The fourth-order valence-electron chi connectivity index (χ4n) is 1.87. The molecule has 0 aliphatic heterocycles. The highest BCUT2D eigenvalue weighted by atomic mass is 127. The minimum absolute atomic E-state index is 0.627. The van der Waals surface area contributed by atoms with Crippen molar-refractivity contribution in [2.45, 2.75) is 23.7 Å². The van der Waals surface area contributed by atoms with Crippen molar-refractivity contribution in [3.63, 3.8) is 0 Å². The largest absolute Gasteiger partial charge is 0.382 e. The molecule has 112 valence electrons. The summed E-state index contributed by atoms with van der Waals surface area (Å²) in [5, 5.41) is 0. The predicted octanol–water partition coefficient (Wildman–Crippen LogP) is 5.36. The van der Waals surface area contributed by atoms with Gasteiger partial charge in [0, 0.05) is 7.14 Å². The molecule has 1 aliphatic carbocycles. The van der Waals surface area contributed by atoms with Crippen molar-refractivity contribution in [3.05, 3.63) is 30.4 Å². The number of hydrogen-bond acceptors (Lipinski definition) is 0. The Bertz CT molecular complexity index is 530. The average molecular weight is 528 g/mol. The first kappa shape index (κ1) is 16.5. The topological polar surface area (TPSA) is 0 Å². The number of halogens is 10. The van der Waals surface area contributed by atoms with Crippen LogP contribution in [0.2, 0.25) is 0 Å². The van der Waals surface area contributed by atoms with Crippen molar-refractivity contribution in [1.82, 2.24) is 0 Å². The van der Waals surface area contributed by atoms with Crippen LogP contribution >= 0.6 is 45.2 Å². The van der Waals surface area contributed by atoms with E-state index in [-0.39, 0.29) is 0 Å². The maximum absolute atomic E-state index is 13.7. The van der Waals surface area contributed by atoms with Crippen LogP contribution in [0.25, 0.3) is 0 Å². The summed E-state index contributed by atoms with van der Waals surface area (Å²) in [4.78, 5) is 0. The first-order chi connectivity index (χ1) is 8.80. The maximum atomic E-state index is 13.7. The Morgan fingerprint density at radius 2 is 0.850 bits per heavy atom. The van der Waals surface area contributed by atoms with Gasteiger partial charge in [0.2, 0.25) is 0 Å². The number of benzene rings is 1. The van der Waals surface area contributed by atoms with Gasteiger partial charge in [-0.25, -0.2) is 0 Å². The molecule has 0 N–H and O–H groups in total. The first-order valence-electron chi connectivity index (χ1n) is 4.80. The highest BCUT2D eigenvalue weighted by Crippen LogP contribution is 2.65. The Kier molecular flexibility index (Phi) is 3.56. The molecule has 1 aliphatic rings. The van der Waals surface area contributed by atoms with Crippen molar-refractivity contribution in [1.29, 1.82) is 0 Å². The second-order valence-corrected chi connectivity index (χ2v) is 6.40. The third kappa shape index (κ3) is 1.69. The molecule has 0 fully saturated rings. The van der Waals surface area contributed by atoms with Crippen molar-refractivity contribution >= 4 is 45.2 Å². The summed E-state index contributed by atoms with van der Waals surface area (Å²) in [6, 6.07) is 1.79. The second kappa shape index (κ2) is 4.32. The normalized spacial score (nSPS) is 25.1. The summed E-state index contributed by atoms with van der Waals surface area (Å²) >= 11 is 2.27. The Balaban J connectivity index is 3.01. The Morgan fingerprint density at radius 3 is 1.10 bits per heavy atom. The zero-order valence-electron chi connectivity index (χ0n) is 8.93. The van der Waals surface area contributed by atoms with E-state index in [1.54, 1.807) is 0 Å². The Morgan fingerprint density at radius 1 is 0.600 bits per heavy atom. The molecule has 0 unspecified atom stereocenters. The Hall–Kier alpha value is 0.120. The predicted molar refractivity (Wildman–Crippen MR) is 69.6 cm³/mol. The summed E-state index contributed by atoms with van der Waals surface area (Å²) in [6.45, 7) is 0. The molecule has 2 rings (SSSR count). The average Bonchev–Trinajstić information content (AvgIpc) is 2.29. The van der Waals surface area contributed by atoms with Crippen LogP contribution in [0.5, 0.6) is 0 Å². The molecule has 1 aromatic carbocycles. The number of fused-ring (bicyclic) bond motifs is 1. The van der Waals surface area contributed by atoms with Crippen molar-refractivity contribution in [3.8, 4) is 0 Å². The van der Waals surface area contributed by atoms with E-state index >= 15 is 0 Å². The summed E-state index contributed by atoms with van der Waals surface area (Å²) in [7, 11) is 0. The molecule has 0 amide bonds. The molecule has 0 bridgehead atoms. The van der Waals surface area contributed by atoms with Crippen molar-refractivity contribution in [2.24, 2.45) is 0 Å². The van der Waals surface area contributed by atoms with Crippen LogP contribution in [0.3, 0.4) is 0 Å². The van der Waals surface area contributed by atoms with Gasteiger partial charge in [-0.05, 0) is 57.3 Å². The highest BCUT2D eigenvalue weighted by molar-refractivity contribution is 14.1. The molecule has 0 saturated carbocycles. The molecule has 20 heavy (non-hydrogen) atoms. The lowest BCUT2D eigenvalue weighted by molar-refractivity contribution is -0.387. The van der Waals surface area contributed by atoms with Gasteiger partial charge < -0.3 is 0 Å². The highest BCUT2D eigenvalue weighted by Gasteiger charge is 2.85. The lowest BCUT2D eigenvalue weighted by Crippen LogP contribution is -2.64. The van der Waals surface area contributed by atoms with Gasteiger partial charge in [0.1, 0.15) is 0 Å². The molecular weight excluding hydrogens is 526 g/mol. The Labute approximate surface area is 134 Å². The third-order valence-corrected chi connectivity index (χ3v) is 4.71. The van der Waals surface area contributed by atoms with Crippen molar-refractivity contribution in [2.75, 3.05) is 0 Å². The van der Waals surface area contributed by atoms with E-state index in [1.165, 1.54) is 0 Å². The van der Waals surface area contributed by atoms with E-state index in [9.17, 15) is 35.1 Å². The minimum atomic E-state index is -6.19. The fourth-order valence-corrected chi connectivity index (χ4v) is 3.45. The van der Waals surface area contributed by atoms with E-state index < -0.39 is 42.0 Å². The summed E-state index contributed by atoms with van der Waals surface area (Å²) in [6.07, 6.45) is 0. The third-order valence-electron chi connectivity index (χ3n) is 2.91. The maximum Gasteiger partial charge on any atom is 0.382 e.